The number of amides is 1. The zero-order valence-corrected chi connectivity index (χ0v) is 19.4. The van der Waals surface area contributed by atoms with E-state index in [4.69, 9.17) is 4.74 Å². The van der Waals surface area contributed by atoms with Gasteiger partial charge in [-0.1, -0.05) is 49.4 Å². The first kappa shape index (κ1) is 23.6. The molecule has 0 atom stereocenters. The van der Waals surface area contributed by atoms with Gasteiger partial charge < -0.3 is 10.1 Å². The quantitative estimate of drug-likeness (QED) is 0.442. The van der Waals surface area contributed by atoms with Gasteiger partial charge in [0.25, 0.3) is 0 Å². The van der Waals surface area contributed by atoms with Gasteiger partial charge in [0, 0.05) is 13.0 Å². The number of nitrogens with zero attached hydrogens (tertiary/aromatic N) is 1. The molecule has 0 saturated heterocycles. The number of anilines is 1. The minimum Gasteiger partial charge on any atom is -0.492 e. The number of carbonyl (C=O) groups is 1. The number of nitrogens with one attached hydrogen (secondary N) is 1. The van der Waals surface area contributed by atoms with E-state index in [-0.39, 0.29) is 18.9 Å². The van der Waals surface area contributed by atoms with Gasteiger partial charge in [-0.3, -0.25) is 9.10 Å². The highest BCUT2D eigenvalue weighted by atomic mass is 32.2. The lowest BCUT2D eigenvalue weighted by Crippen LogP contribution is -2.32. The van der Waals surface area contributed by atoms with Crippen molar-refractivity contribution in [2.75, 3.05) is 30.3 Å². The van der Waals surface area contributed by atoms with Crippen molar-refractivity contribution in [3.8, 4) is 5.75 Å². The Kier molecular flexibility index (Phi) is 8.11. The summed E-state index contributed by atoms with van der Waals surface area (Å²) >= 11 is 0. The molecule has 0 fully saturated rings. The van der Waals surface area contributed by atoms with Crippen molar-refractivity contribution in [2.24, 2.45) is 0 Å². The summed E-state index contributed by atoms with van der Waals surface area (Å²) in [5.41, 5.74) is 1.85. The first-order valence-electron chi connectivity index (χ1n) is 10.8. The molecule has 6 nitrogen and oxygen atoms in total. The van der Waals surface area contributed by atoms with E-state index < -0.39 is 10.0 Å². The Labute approximate surface area is 190 Å². The second kappa shape index (κ2) is 11.0. The molecule has 1 N–H and O–H groups in total. The summed E-state index contributed by atoms with van der Waals surface area (Å²) in [6.07, 6.45) is 2.83. The molecule has 0 spiro atoms. The summed E-state index contributed by atoms with van der Waals surface area (Å²) in [6, 6.07) is 21.3. The van der Waals surface area contributed by atoms with Gasteiger partial charge in [-0.15, -0.1) is 0 Å². The van der Waals surface area contributed by atoms with E-state index in [1.54, 1.807) is 6.07 Å². The Bertz CT molecular complexity index is 1140. The Morgan fingerprint density at radius 1 is 1.00 bits per heavy atom. The Hall–Kier alpha value is -3.06. The molecule has 0 aliphatic rings. The number of benzene rings is 3. The van der Waals surface area contributed by atoms with E-state index in [1.165, 1.54) is 16.1 Å². The molecule has 0 aliphatic heterocycles. The summed E-state index contributed by atoms with van der Waals surface area (Å²) < 4.78 is 31.7. The summed E-state index contributed by atoms with van der Waals surface area (Å²) in [5.74, 6) is 0.650. The van der Waals surface area contributed by atoms with Gasteiger partial charge in [0.05, 0.1) is 18.5 Å². The largest absolute Gasteiger partial charge is 0.492 e. The van der Waals surface area contributed by atoms with Crippen LogP contribution in [0.2, 0.25) is 0 Å². The summed E-state index contributed by atoms with van der Waals surface area (Å²) in [6.45, 7) is 3.12. The second-order valence-corrected chi connectivity index (χ2v) is 9.57. The fraction of sp³-hybridized carbons (Fsp3) is 0.320. The fourth-order valence-electron chi connectivity index (χ4n) is 3.47. The van der Waals surface area contributed by atoms with E-state index in [1.807, 2.05) is 60.7 Å². The molecule has 0 bridgehead atoms. The summed E-state index contributed by atoms with van der Waals surface area (Å²) in [7, 11) is -3.46. The SMILES string of the molecule is CCc1ccc(OCCNC(=O)CCCN(c2ccc3ccccc3c2)S(C)(=O)=O)cc1. The Morgan fingerprint density at radius 3 is 2.41 bits per heavy atom. The van der Waals surface area contributed by atoms with Crippen LogP contribution in [0.15, 0.2) is 66.7 Å². The Morgan fingerprint density at radius 2 is 1.72 bits per heavy atom. The molecule has 3 aromatic carbocycles. The molecule has 0 aliphatic carbocycles. The van der Waals surface area contributed by atoms with Crippen molar-refractivity contribution in [1.82, 2.24) is 5.32 Å². The van der Waals surface area contributed by atoms with Gasteiger partial charge in [0.15, 0.2) is 0 Å². The van der Waals surface area contributed by atoms with Crippen LogP contribution >= 0.6 is 0 Å². The van der Waals surface area contributed by atoms with E-state index in [9.17, 15) is 13.2 Å². The summed E-state index contributed by atoms with van der Waals surface area (Å²) in [5, 5.41) is 4.84. The topological polar surface area (TPSA) is 75.7 Å². The van der Waals surface area contributed by atoms with Crippen molar-refractivity contribution in [3.63, 3.8) is 0 Å². The highest BCUT2D eigenvalue weighted by molar-refractivity contribution is 7.92. The second-order valence-electron chi connectivity index (χ2n) is 7.67. The molecular formula is C25H30N2O4S. The number of fused-ring (bicyclic) bond motifs is 1. The van der Waals surface area contributed by atoms with Crippen LogP contribution in [0.1, 0.15) is 25.3 Å². The zero-order valence-electron chi connectivity index (χ0n) is 18.6. The van der Waals surface area contributed by atoms with Crippen molar-refractivity contribution in [1.29, 1.82) is 0 Å². The van der Waals surface area contributed by atoms with Crippen LogP contribution < -0.4 is 14.4 Å². The van der Waals surface area contributed by atoms with Crippen molar-refractivity contribution >= 4 is 32.4 Å². The van der Waals surface area contributed by atoms with Gasteiger partial charge >= 0.3 is 0 Å². The molecular weight excluding hydrogens is 424 g/mol. The fourth-order valence-corrected chi connectivity index (χ4v) is 4.43. The first-order valence-corrected chi connectivity index (χ1v) is 12.7. The molecule has 0 saturated carbocycles. The number of aryl methyl sites for hydroxylation is 1. The minimum absolute atomic E-state index is 0.123. The number of ether oxygens (including phenoxy) is 1. The number of hydrogen-bond donors (Lipinski definition) is 1. The average molecular weight is 455 g/mol. The van der Waals surface area contributed by atoms with Crippen molar-refractivity contribution in [3.05, 3.63) is 72.3 Å². The highest BCUT2D eigenvalue weighted by Crippen LogP contribution is 2.24. The lowest BCUT2D eigenvalue weighted by atomic mass is 10.1. The standard InChI is InChI=1S/C25H30N2O4S/c1-3-20-10-14-24(15-11-20)31-18-16-26-25(28)9-6-17-27(32(2,29)30)23-13-12-21-7-4-5-8-22(21)19-23/h4-5,7-8,10-15,19H,3,6,9,16-18H2,1-2H3,(H,26,28). The average Bonchev–Trinajstić information content (AvgIpc) is 2.79. The number of sulfonamides is 1. The first-order chi connectivity index (χ1) is 15.4. The van der Waals surface area contributed by atoms with Gasteiger partial charge in [-0.25, -0.2) is 8.42 Å². The molecule has 0 aromatic heterocycles. The molecule has 3 rings (SSSR count). The van der Waals surface area contributed by atoms with Crippen LogP contribution in [-0.4, -0.2) is 40.3 Å². The molecule has 0 heterocycles. The molecule has 7 heteroatoms. The van der Waals surface area contributed by atoms with Gasteiger partial charge in [-0.05, 0) is 53.4 Å². The third-order valence-electron chi connectivity index (χ3n) is 5.21. The molecule has 0 unspecified atom stereocenters. The normalized spacial score (nSPS) is 11.3. The monoisotopic (exact) mass is 454 g/mol. The lowest BCUT2D eigenvalue weighted by Gasteiger charge is -2.22. The number of rotatable bonds is 11. The minimum atomic E-state index is -3.46. The van der Waals surface area contributed by atoms with Crippen LogP contribution in [0.5, 0.6) is 5.75 Å². The van der Waals surface area contributed by atoms with E-state index in [0.717, 1.165) is 22.9 Å². The van der Waals surface area contributed by atoms with Crippen molar-refractivity contribution in [2.45, 2.75) is 26.2 Å². The smallest absolute Gasteiger partial charge is 0.232 e. The highest BCUT2D eigenvalue weighted by Gasteiger charge is 2.18. The van der Waals surface area contributed by atoms with Gasteiger partial charge in [0.1, 0.15) is 12.4 Å². The predicted molar refractivity (Wildman–Crippen MR) is 130 cm³/mol. The van der Waals surface area contributed by atoms with Gasteiger partial charge in [0.2, 0.25) is 15.9 Å². The maximum Gasteiger partial charge on any atom is 0.232 e. The molecule has 32 heavy (non-hydrogen) atoms. The van der Waals surface area contributed by atoms with E-state index >= 15 is 0 Å². The molecule has 3 aromatic rings. The number of carbonyl (C=O) groups excluding carboxylic acids is 1. The lowest BCUT2D eigenvalue weighted by molar-refractivity contribution is -0.121. The molecule has 0 radical (unpaired) electrons. The van der Waals surface area contributed by atoms with E-state index in [0.29, 0.717) is 25.3 Å². The van der Waals surface area contributed by atoms with Crippen LogP contribution in [0.25, 0.3) is 10.8 Å². The molecule has 170 valence electrons. The zero-order chi connectivity index (χ0) is 23.0. The third kappa shape index (κ3) is 6.72. The summed E-state index contributed by atoms with van der Waals surface area (Å²) in [4.78, 5) is 12.1. The van der Waals surface area contributed by atoms with E-state index in [2.05, 4.69) is 12.2 Å². The predicted octanol–water partition coefficient (Wildman–Crippen LogP) is 4.14. The van der Waals surface area contributed by atoms with Gasteiger partial charge in [-0.2, -0.15) is 0 Å². The van der Waals surface area contributed by atoms with Crippen LogP contribution in [0.3, 0.4) is 0 Å². The Balaban J connectivity index is 1.46. The van der Waals surface area contributed by atoms with Crippen molar-refractivity contribution < 1.29 is 17.9 Å². The molecule has 1 amide bonds. The number of hydrogen-bond acceptors (Lipinski definition) is 4. The maximum absolute atomic E-state index is 12.3. The maximum atomic E-state index is 12.3. The van der Waals surface area contributed by atoms with Crippen LogP contribution in [0, 0.1) is 0 Å². The van der Waals surface area contributed by atoms with Crippen LogP contribution in [-0.2, 0) is 21.2 Å². The third-order valence-corrected chi connectivity index (χ3v) is 6.41. The van der Waals surface area contributed by atoms with Crippen LogP contribution in [0.4, 0.5) is 5.69 Å².